The largest absolute Gasteiger partial charge is 0.343 e. The van der Waals surface area contributed by atoms with Crippen LogP contribution in [0, 0.1) is 0 Å². The molecule has 8 rings (SSSR count). The van der Waals surface area contributed by atoms with Gasteiger partial charge in [0.2, 0.25) is 41.4 Å². The average Bonchev–Trinajstić information content (AvgIpc) is 4.25. The van der Waals surface area contributed by atoms with Gasteiger partial charge in [0.15, 0.2) is 5.78 Å². The Balaban J connectivity index is 0.799. The van der Waals surface area contributed by atoms with E-state index in [-0.39, 0.29) is 78.7 Å². The number of ketones is 1. The van der Waals surface area contributed by atoms with Gasteiger partial charge >= 0.3 is 0 Å². The summed E-state index contributed by atoms with van der Waals surface area (Å²) < 4.78 is 0. The van der Waals surface area contributed by atoms with Gasteiger partial charge in [0.25, 0.3) is 0 Å². The average molecular weight is 1080 g/mol. The number of amides is 7. The van der Waals surface area contributed by atoms with Crippen LogP contribution in [0.25, 0.3) is 0 Å². The Labute approximate surface area is 464 Å². The summed E-state index contributed by atoms with van der Waals surface area (Å²) in [5.74, 6) is -2.02. The Hall–Kier alpha value is -7.24. The molecule has 0 radical (unpaired) electrons. The second-order valence-corrected chi connectivity index (χ2v) is 21.8. The predicted molar refractivity (Wildman–Crippen MR) is 305 cm³/mol. The number of carbonyl (C=O) groups excluding carboxylic acids is 8. The molecule has 420 valence electrons. The zero-order chi connectivity index (χ0) is 56.0. The number of nitrogens with zero attached hydrogens (tertiary/aromatic N) is 3. The summed E-state index contributed by atoms with van der Waals surface area (Å²) in [5, 5.41) is 17.4. The van der Waals surface area contributed by atoms with Crippen LogP contribution in [0.3, 0.4) is 0 Å². The van der Waals surface area contributed by atoms with Crippen LogP contribution in [0.5, 0.6) is 0 Å². The van der Waals surface area contributed by atoms with Crippen LogP contribution in [0.15, 0.2) is 97.1 Å². The van der Waals surface area contributed by atoms with Gasteiger partial charge in [0.05, 0.1) is 18.1 Å². The first-order valence-corrected chi connectivity index (χ1v) is 28.5. The summed E-state index contributed by atoms with van der Waals surface area (Å²) in [7, 11) is 3.32. The van der Waals surface area contributed by atoms with Crippen LogP contribution >= 0.6 is 0 Å². The summed E-state index contributed by atoms with van der Waals surface area (Å²) in [6.07, 6.45) is 8.99. The molecular formula is C62H79N9O8. The van der Waals surface area contributed by atoms with Crippen LogP contribution < -0.4 is 36.8 Å². The van der Waals surface area contributed by atoms with Crippen LogP contribution in [0.2, 0.25) is 0 Å². The van der Waals surface area contributed by atoms with E-state index in [9.17, 15) is 38.4 Å². The number of likely N-dealkylation sites (N-methyl/N-ethyl adjacent to an activating group) is 2. The Morgan fingerprint density at radius 1 is 0.544 bits per heavy atom. The number of nitrogens with one attached hydrogen (secondary N) is 6. The number of fused-ring (bicyclic) bond motifs is 2. The molecule has 4 aromatic rings. The number of aryl methyl sites for hydroxylation is 4. The van der Waals surface area contributed by atoms with E-state index in [0.717, 1.165) is 54.5 Å². The van der Waals surface area contributed by atoms with E-state index < -0.39 is 36.3 Å². The van der Waals surface area contributed by atoms with Gasteiger partial charge in [0, 0.05) is 56.0 Å². The minimum atomic E-state index is -1.00. The first kappa shape index (κ1) is 57.9. The molecule has 6 N–H and O–H groups in total. The quantitative estimate of drug-likeness (QED) is 0.0499. The smallest absolute Gasteiger partial charge is 0.249 e. The molecule has 4 aromatic carbocycles. The molecule has 1 unspecified atom stereocenters. The van der Waals surface area contributed by atoms with Crippen molar-refractivity contribution < 1.29 is 38.4 Å². The van der Waals surface area contributed by atoms with Crippen molar-refractivity contribution in [2.75, 3.05) is 49.3 Å². The fraction of sp³-hybridized carbons (Fsp3) is 0.484. The summed E-state index contributed by atoms with van der Waals surface area (Å²) in [4.78, 5) is 114. The monoisotopic (exact) mass is 1080 g/mol. The van der Waals surface area contributed by atoms with Crippen LogP contribution in [0.4, 0.5) is 17.1 Å². The summed E-state index contributed by atoms with van der Waals surface area (Å²) in [5.41, 5.74) is 7.78. The summed E-state index contributed by atoms with van der Waals surface area (Å²) >= 11 is 0. The molecule has 3 aliphatic heterocycles. The molecule has 17 heteroatoms. The molecule has 4 aliphatic rings. The highest BCUT2D eigenvalue weighted by Crippen LogP contribution is 2.36. The van der Waals surface area contributed by atoms with Crippen LogP contribution in [0.1, 0.15) is 125 Å². The van der Waals surface area contributed by atoms with Crippen molar-refractivity contribution in [3.05, 3.63) is 125 Å². The topological polar surface area (TPSA) is 218 Å². The van der Waals surface area contributed by atoms with E-state index in [0.29, 0.717) is 76.0 Å². The molecule has 7 amide bonds. The minimum Gasteiger partial charge on any atom is -0.343 e. The number of hydrogen-bond acceptors (Lipinski definition) is 10. The van der Waals surface area contributed by atoms with E-state index in [1.165, 1.54) is 11.1 Å². The van der Waals surface area contributed by atoms with Gasteiger partial charge in [-0.1, -0.05) is 66.7 Å². The zero-order valence-electron chi connectivity index (χ0n) is 46.3. The van der Waals surface area contributed by atoms with Crippen molar-refractivity contribution in [2.24, 2.45) is 0 Å². The lowest BCUT2D eigenvalue weighted by molar-refractivity contribution is -0.141. The van der Waals surface area contributed by atoms with Crippen molar-refractivity contribution in [2.45, 2.75) is 159 Å². The minimum absolute atomic E-state index is 0.0271. The van der Waals surface area contributed by atoms with Gasteiger partial charge in [-0.15, -0.1) is 0 Å². The Morgan fingerprint density at radius 2 is 1.04 bits per heavy atom. The molecule has 0 saturated carbocycles. The highest BCUT2D eigenvalue weighted by atomic mass is 16.2. The summed E-state index contributed by atoms with van der Waals surface area (Å²) in [6.45, 7) is 4.77. The van der Waals surface area contributed by atoms with Crippen molar-refractivity contribution in [1.82, 2.24) is 31.1 Å². The summed E-state index contributed by atoms with van der Waals surface area (Å²) in [6, 6.07) is 26.9. The highest BCUT2D eigenvalue weighted by Gasteiger charge is 2.42. The van der Waals surface area contributed by atoms with Crippen LogP contribution in [-0.4, -0.2) is 127 Å². The first-order valence-electron chi connectivity index (χ1n) is 28.5. The lowest BCUT2D eigenvalue weighted by Gasteiger charge is -2.35. The maximum absolute atomic E-state index is 14.2. The van der Waals surface area contributed by atoms with E-state index in [2.05, 4.69) is 44.0 Å². The third kappa shape index (κ3) is 14.9. The molecule has 79 heavy (non-hydrogen) atoms. The number of rotatable bonds is 23. The van der Waals surface area contributed by atoms with E-state index in [1.807, 2.05) is 84.9 Å². The predicted octanol–water partition coefficient (Wildman–Crippen LogP) is 6.14. The first-order chi connectivity index (χ1) is 38.2. The Bertz CT molecular complexity index is 2820. The molecule has 3 heterocycles. The molecule has 0 spiro atoms. The van der Waals surface area contributed by atoms with Crippen LogP contribution in [-0.2, 0) is 64.0 Å². The molecule has 2 saturated heterocycles. The lowest BCUT2D eigenvalue weighted by atomic mass is 9.79. The number of benzene rings is 4. The van der Waals surface area contributed by atoms with Crippen molar-refractivity contribution in [3.8, 4) is 0 Å². The molecular weight excluding hydrogens is 999 g/mol. The maximum Gasteiger partial charge on any atom is 0.249 e. The third-order valence-electron chi connectivity index (χ3n) is 16.4. The SMILES string of the molecule is CN[C@@H](C)C(=O)NC(CCC(=O)Nc1ccc(CCc2ccc(NC(=O)CC[C@H](NC(=O)[C@H](C)NC)C(=O)N3CCC[C@H]3C(=O)C[C@@H]3CCCc4ccccc43)cc2)cc1)C(=O)N1CCC[C@H]1C(=O)N1CCCc2ccccc21. The number of Topliss-reactive ketones (excluding diaryl/α,β-unsaturated/α-hetero) is 1. The van der Waals surface area contributed by atoms with Gasteiger partial charge in [-0.05, 0) is 175 Å². The Morgan fingerprint density at radius 3 is 1.59 bits per heavy atom. The maximum atomic E-state index is 14.2. The van der Waals surface area contributed by atoms with Gasteiger partial charge in [0.1, 0.15) is 18.1 Å². The number of hydrogen-bond donors (Lipinski definition) is 6. The standard InChI is InChI=1S/C62H79N9O8/c1-40(63-3)58(75)67-50(60(77)70-37-11-20-53(70)55(72)39-46-16-9-15-44-13-5-7-18-49(44)46)32-34-56(73)65-47-28-24-42(25-29-47)22-23-43-26-30-48(31-27-43)66-57(74)35-33-51(68-59(76)41(2)64-4)61(78)71-38-12-21-54(71)62(79)69-36-10-17-45-14-6-8-19-52(45)69/h5-8,13-14,18-19,24-31,40-41,46,50-51,53-54,63-64H,9-12,15-17,20-23,32-39H2,1-4H3,(H,65,73)(H,66,74)(H,67,75)(H,68,76)/t40-,41-,46-,50-,51?,53-,54-/m0/s1. The molecule has 17 nitrogen and oxygen atoms in total. The second kappa shape index (κ2) is 27.6. The van der Waals surface area contributed by atoms with Crippen molar-refractivity contribution >= 4 is 64.2 Å². The molecule has 1 aliphatic carbocycles. The second-order valence-electron chi connectivity index (χ2n) is 21.8. The Kier molecular flexibility index (Phi) is 20.2. The fourth-order valence-corrected chi connectivity index (χ4v) is 11.6. The lowest BCUT2D eigenvalue weighted by Crippen LogP contribution is -2.56. The normalized spacial score (nSPS) is 19.2. The number of anilines is 3. The molecule has 2 fully saturated rings. The number of carbonyl (C=O) groups is 8. The third-order valence-corrected chi connectivity index (χ3v) is 16.4. The van der Waals surface area contributed by atoms with E-state index in [1.54, 1.807) is 42.6 Å². The van der Waals surface area contributed by atoms with E-state index in [4.69, 9.17) is 0 Å². The molecule has 0 aromatic heterocycles. The van der Waals surface area contributed by atoms with E-state index >= 15 is 0 Å². The van der Waals surface area contributed by atoms with Gasteiger partial charge in [-0.3, -0.25) is 38.4 Å². The van der Waals surface area contributed by atoms with Gasteiger partial charge in [-0.25, -0.2) is 0 Å². The fourth-order valence-electron chi connectivity index (χ4n) is 11.6. The van der Waals surface area contributed by atoms with Crippen molar-refractivity contribution in [1.29, 1.82) is 0 Å². The number of likely N-dealkylation sites (tertiary alicyclic amines) is 2. The van der Waals surface area contributed by atoms with Gasteiger partial charge < -0.3 is 46.6 Å². The zero-order valence-corrected chi connectivity index (χ0v) is 46.3. The molecule has 0 bridgehead atoms. The highest BCUT2D eigenvalue weighted by molar-refractivity contribution is 6.02. The van der Waals surface area contributed by atoms with Gasteiger partial charge in [-0.2, -0.15) is 0 Å². The molecule has 7 atom stereocenters. The van der Waals surface area contributed by atoms with Crippen molar-refractivity contribution in [3.63, 3.8) is 0 Å². The number of para-hydroxylation sites is 1.